The predicted octanol–water partition coefficient (Wildman–Crippen LogP) is 0.640. The van der Waals surface area contributed by atoms with Gasteiger partial charge in [0, 0.05) is 32.2 Å². The number of benzene rings is 1. The SMILES string of the molecule is CCNC(=NCc1cccc(OCCN2CCOCC2)c1)NC1CCS(=O)(=O)C1. The second-order valence-corrected chi connectivity index (χ2v) is 9.62. The molecule has 2 aliphatic heterocycles. The molecular weight excluding hydrogens is 392 g/mol. The summed E-state index contributed by atoms with van der Waals surface area (Å²) >= 11 is 0. The van der Waals surface area contributed by atoms with Crippen molar-refractivity contribution in [2.45, 2.75) is 25.9 Å². The highest BCUT2D eigenvalue weighted by molar-refractivity contribution is 7.91. The molecule has 0 amide bonds. The monoisotopic (exact) mass is 424 g/mol. The summed E-state index contributed by atoms with van der Waals surface area (Å²) in [6.45, 7) is 8.25. The summed E-state index contributed by atoms with van der Waals surface area (Å²) in [4.78, 5) is 6.95. The van der Waals surface area contributed by atoms with Gasteiger partial charge >= 0.3 is 0 Å². The fraction of sp³-hybridized carbons (Fsp3) is 0.650. The number of morpholine rings is 1. The van der Waals surface area contributed by atoms with Crippen LogP contribution in [0.4, 0.5) is 0 Å². The smallest absolute Gasteiger partial charge is 0.191 e. The van der Waals surface area contributed by atoms with E-state index in [2.05, 4.69) is 20.5 Å². The molecule has 1 atom stereocenters. The Labute approximate surface area is 173 Å². The number of sulfone groups is 1. The summed E-state index contributed by atoms with van der Waals surface area (Å²) < 4.78 is 34.6. The number of guanidine groups is 1. The highest BCUT2D eigenvalue weighted by atomic mass is 32.2. The maximum absolute atomic E-state index is 11.7. The molecule has 0 spiro atoms. The van der Waals surface area contributed by atoms with Gasteiger partial charge in [0.25, 0.3) is 0 Å². The Morgan fingerprint density at radius 1 is 1.34 bits per heavy atom. The zero-order chi connectivity index (χ0) is 20.5. The van der Waals surface area contributed by atoms with Gasteiger partial charge in [-0.2, -0.15) is 0 Å². The normalized spacial score (nSPS) is 22.4. The Bertz CT molecular complexity index is 778. The summed E-state index contributed by atoms with van der Waals surface area (Å²) in [7, 11) is -2.92. The van der Waals surface area contributed by atoms with Gasteiger partial charge in [-0.15, -0.1) is 0 Å². The largest absolute Gasteiger partial charge is 0.492 e. The Kier molecular flexibility index (Phi) is 8.14. The molecule has 9 heteroatoms. The van der Waals surface area contributed by atoms with Crippen LogP contribution >= 0.6 is 0 Å². The number of ether oxygens (including phenoxy) is 2. The van der Waals surface area contributed by atoms with Crippen molar-refractivity contribution >= 4 is 15.8 Å². The van der Waals surface area contributed by atoms with Gasteiger partial charge < -0.3 is 20.1 Å². The zero-order valence-corrected chi connectivity index (χ0v) is 17.9. The third-order valence-corrected chi connectivity index (χ3v) is 6.78. The average Bonchev–Trinajstić information content (AvgIpc) is 3.06. The van der Waals surface area contributed by atoms with E-state index < -0.39 is 9.84 Å². The number of aliphatic imine (C=N–C) groups is 1. The maximum atomic E-state index is 11.7. The Morgan fingerprint density at radius 2 is 2.17 bits per heavy atom. The van der Waals surface area contributed by atoms with Crippen LogP contribution < -0.4 is 15.4 Å². The van der Waals surface area contributed by atoms with Gasteiger partial charge in [-0.25, -0.2) is 13.4 Å². The van der Waals surface area contributed by atoms with E-state index in [-0.39, 0.29) is 17.5 Å². The second kappa shape index (κ2) is 10.8. The molecule has 2 aliphatic rings. The summed E-state index contributed by atoms with van der Waals surface area (Å²) in [6, 6.07) is 7.87. The molecule has 0 bridgehead atoms. The molecule has 2 N–H and O–H groups in total. The Hall–Kier alpha value is -1.84. The van der Waals surface area contributed by atoms with E-state index in [0.717, 1.165) is 50.7 Å². The fourth-order valence-electron chi connectivity index (χ4n) is 3.44. The number of rotatable bonds is 8. The van der Waals surface area contributed by atoms with Crippen molar-refractivity contribution in [3.8, 4) is 5.75 Å². The van der Waals surface area contributed by atoms with Gasteiger partial charge in [-0.05, 0) is 31.0 Å². The first-order valence-corrected chi connectivity index (χ1v) is 12.1. The van der Waals surface area contributed by atoms with Crippen LogP contribution in [0.5, 0.6) is 5.75 Å². The lowest BCUT2D eigenvalue weighted by atomic mass is 10.2. The molecule has 1 aromatic carbocycles. The maximum Gasteiger partial charge on any atom is 0.191 e. The molecule has 0 radical (unpaired) electrons. The van der Waals surface area contributed by atoms with Gasteiger partial charge in [0.1, 0.15) is 12.4 Å². The molecule has 0 aromatic heterocycles. The lowest BCUT2D eigenvalue weighted by Crippen LogP contribution is -2.44. The lowest BCUT2D eigenvalue weighted by Gasteiger charge is -2.26. The second-order valence-electron chi connectivity index (χ2n) is 7.39. The van der Waals surface area contributed by atoms with Gasteiger partial charge in [0.15, 0.2) is 15.8 Å². The van der Waals surface area contributed by atoms with Crippen LogP contribution in [0.3, 0.4) is 0 Å². The van der Waals surface area contributed by atoms with Crippen molar-refractivity contribution in [2.75, 3.05) is 57.5 Å². The van der Waals surface area contributed by atoms with E-state index in [1.165, 1.54) is 0 Å². The minimum Gasteiger partial charge on any atom is -0.492 e. The van der Waals surface area contributed by atoms with Crippen LogP contribution in [0, 0.1) is 0 Å². The van der Waals surface area contributed by atoms with Crippen molar-refractivity contribution in [3.05, 3.63) is 29.8 Å². The number of nitrogens with one attached hydrogen (secondary N) is 2. The molecule has 162 valence electrons. The van der Waals surface area contributed by atoms with E-state index in [0.29, 0.717) is 25.5 Å². The van der Waals surface area contributed by atoms with Crippen LogP contribution in [0.15, 0.2) is 29.3 Å². The first kappa shape index (κ1) is 21.9. The quantitative estimate of drug-likeness (QED) is 0.467. The van der Waals surface area contributed by atoms with E-state index in [1.54, 1.807) is 0 Å². The van der Waals surface area contributed by atoms with Crippen LogP contribution in [0.25, 0.3) is 0 Å². The van der Waals surface area contributed by atoms with Crippen LogP contribution in [-0.2, 0) is 21.1 Å². The number of nitrogens with zero attached hydrogens (tertiary/aromatic N) is 2. The van der Waals surface area contributed by atoms with Crippen LogP contribution in [0.1, 0.15) is 18.9 Å². The fourth-order valence-corrected chi connectivity index (χ4v) is 5.12. The summed E-state index contributed by atoms with van der Waals surface area (Å²) in [5.41, 5.74) is 1.05. The summed E-state index contributed by atoms with van der Waals surface area (Å²) in [5, 5.41) is 6.43. The van der Waals surface area contributed by atoms with Crippen molar-refractivity contribution < 1.29 is 17.9 Å². The molecule has 0 saturated carbocycles. The third kappa shape index (κ3) is 7.49. The van der Waals surface area contributed by atoms with E-state index in [9.17, 15) is 8.42 Å². The van der Waals surface area contributed by atoms with Crippen molar-refractivity contribution in [3.63, 3.8) is 0 Å². The molecular formula is C20H32N4O4S. The van der Waals surface area contributed by atoms with Crippen molar-refractivity contribution in [1.82, 2.24) is 15.5 Å². The van der Waals surface area contributed by atoms with E-state index in [1.807, 2.05) is 31.2 Å². The molecule has 2 fully saturated rings. The van der Waals surface area contributed by atoms with Gasteiger partial charge in [-0.3, -0.25) is 4.90 Å². The van der Waals surface area contributed by atoms with Gasteiger partial charge in [0.05, 0.1) is 31.3 Å². The Morgan fingerprint density at radius 3 is 2.90 bits per heavy atom. The predicted molar refractivity (Wildman–Crippen MR) is 114 cm³/mol. The van der Waals surface area contributed by atoms with E-state index in [4.69, 9.17) is 9.47 Å². The molecule has 3 rings (SSSR count). The lowest BCUT2D eigenvalue weighted by molar-refractivity contribution is 0.0322. The molecule has 29 heavy (non-hydrogen) atoms. The van der Waals surface area contributed by atoms with Crippen LogP contribution in [-0.4, -0.2) is 82.8 Å². The molecule has 2 saturated heterocycles. The van der Waals surface area contributed by atoms with E-state index >= 15 is 0 Å². The summed E-state index contributed by atoms with van der Waals surface area (Å²) in [6.07, 6.45) is 0.624. The topological polar surface area (TPSA) is 92.3 Å². The first-order valence-electron chi connectivity index (χ1n) is 10.3. The highest BCUT2D eigenvalue weighted by Gasteiger charge is 2.28. The van der Waals surface area contributed by atoms with Gasteiger partial charge in [0.2, 0.25) is 0 Å². The minimum absolute atomic E-state index is 0.0762. The third-order valence-electron chi connectivity index (χ3n) is 5.02. The molecule has 2 heterocycles. The van der Waals surface area contributed by atoms with Crippen LogP contribution in [0.2, 0.25) is 0 Å². The number of hydrogen-bond donors (Lipinski definition) is 2. The molecule has 8 nitrogen and oxygen atoms in total. The van der Waals surface area contributed by atoms with Crippen molar-refractivity contribution in [2.24, 2.45) is 4.99 Å². The molecule has 0 aliphatic carbocycles. The average molecular weight is 425 g/mol. The van der Waals surface area contributed by atoms with Crippen molar-refractivity contribution in [1.29, 1.82) is 0 Å². The molecule has 1 unspecified atom stereocenters. The zero-order valence-electron chi connectivity index (χ0n) is 17.1. The first-order chi connectivity index (χ1) is 14.0. The Balaban J connectivity index is 1.50. The standard InChI is InChI=1S/C20H32N4O4S/c1-2-21-20(23-18-6-13-29(25,26)16-18)22-15-17-4-3-5-19(14-17)28-12-9-24-7-10-27-11-8-24/h3-5,14,18H,2,6-13,15-16H2,1H3,(H2,21,22,23). The minimum atomic E-state index is -2.92. The number of hydrogen-bond acceptors (Lipinski definition) is 6. The van der Waals surface area contributed by atoms with Gasteiger partial charge in [-0.1, -0.05) is 12.1 Å². The highest BCUT2D eigenvalue weighted by Crippen LogP contribution is 2.15. The summed E-state index contributed by atoms with van der Waals surface area (Å²) in [5.74, 6) is 1.90. The molecule has 1 aromatic rings.